The van der Waals surface area contributed by atoms with E-state index in [1.165, 1.54) is 11.3 Å². The lowest BCUT2D eigenvalue weighted by molar-refractivity contribution is 0.165. The van der Waals surface area contributed by atoms with Crippen LogP contribution >= 0.6 is 22.9 Å². The van der Waals surface area contributed by atoms with Gasteiger partial charge in [-0.25, -0.2) is 0 Å². The van der Waals surface area contributed by atoms with Crippen LogP contribution in [0.25, 0.3) is 0 Å². The third-order valence-electron chi connectivity index (χ3n) is 4.11. The van der Waals surface area contributed by atoms with Crippen LogP contribution in [0.2, 0.25) is 5.02 Å². The number of thiophene rings is 1. The Bertz CT molecular complexity index is 393. The summed E-state index contributed by atoms with van der Waals surface area (Å²) >= 11 is 7.99. The maximum Gasteiger partial charge on any atom is 0.0558 e. The topological polar surface area (TPSA) is 15.3 Å². The first-order chi connectivity index (χ1) is 8.54. The van der Waals surface area contributed by atoms with Gasteiger partial charge in [-0.1, -0.05) is 18.5 Å². The first kappa shape index (κ1) is 14.3. The van der Waals surface area contributed by atoms with Crippen molar-refractivity contribution < 1.29 is 0 Å². The Balaban J connectivity index is 2.11. The van der Waals surface area contributed by atoms with Crippen LogP contribution in [0.3, 0.4) is 0 Å². The molecule has 2 unspecified atom stereocenters. The van der Waals surface area contributed by atoms with Gasteiger partial charge in [0, 0.05) is 29.5 Å². The maximum atomic E-state index is 6.22. The molecule has 1 aromatic heterocycles. The fourth-order valence-corrected chi connectivity index (χ4v) is 3.62. The zero-order valence-corrected chi connectivity index (χ0v) is 13.1. The number of halogens is 1. The van der Waals surface area contributed by atoms with Crippen molar-refractivity contribution in [2.45, 2.75) is 51.7 Å². The molecule has 0 aliphatic carbocycles. The Labute approximate surface area is 119 Å². The van der Waals surface area contributed by atoms with Crippen molar-refractivity contribution in [2.75, 3.05) is 13.1 Å². The Hall–Kier alpha value is -0.0900. The second kappa shape index (κ2) is 5.91. The zero-order valence-electron chi connectivity index (χ0n) is 11.5. The minimum absolute atomic E-state index is 0.231. The summed E-state index contributed by atoms with van der Waals surface area (Å²) in [5, 5.41) is 6.69. The highest BCUT2D eigenvalue weighted by Crippen LogP contribution is 2.27. The average Bonchev–Trinajstić information content (AvgIpc) is 2.67. The fraction of sp³-hybridized carbons (Fsp3) is 0.714. The predicted octanol–water partition coefficient (Wildman–Crippen LogP) is 3.75. The van der Waals surface area contributed by atoms with E-state index in [-0.39, 0.29) is 5.54 Å². The molecular weight excluding hydrogens is 264 g/mol. The summed E-state index contributed by atoms with van der Waals surface area (Å²) in [6.07, 6.45) is 2.37. The van der Waals surface area contributed by atoms with E-state index in [1.807, 2.05) is 6.07 Å². The van der Waals surface area contributed by atoms with Crippen molar-refractivity contribution in [2.24, 2.45) is 0 Å². The van der Waals surface area contributed by atoms with Gasteiger partial charge in [-0.15, -0.1) is 11.3 Å². The van der Waals surface area contributed by atoms with Crippen LogP contribution in [0, 0.1) is 0 Å². The minimum atomic E-state index is 0.231. The smallest absolute Gasteiger partial charge is 0.0558 e. The normalized spacial score (nSPS) is 30.3. The van der Waals surface area contributed by atoms with Gasteiger partial charge in [0.2, 0.25) is 0 Å². The molecule has 1 saturated heterocycles. The number of nitrogens with one attached hydrogen (secondary N) is 1. The van der Waals surface area contributed by atoms with E-state index >= 15 is 0 Å². The molecule has 0 amide bonds. The van der Waals surface area contributed by atoms with E-state index < -0.39 is 0 Å². The molecule has 1 aliphatic rings. The Morgan fingerprint density at radius 1 is 1.61 bits per heavy atom. The molecule has 1 aromatic rings. The van der Waals surface area contributed by atoms with E-state index in [0.29, 0.717) is 6.04 Å². The van der Waals surface area contributed by atoms with Crippen LogP contribution < -0.4 is 5.32 Å². The van der Waals surface area contributed by atoms with Crippen LogP contribution in [0.5, 0.6) is 0 Å². The molecule has 0 spiro atoms. The molecule has 1 N–H and O–H groups in total. The van der Waals surface area contributed by atoms with Gasteiger partial charge in [-0.2, -0.15) is 0 Å². The van der Waals surface area contributed by atoms with Crippen LogP contribution in [0.1, 0.15) is 38.5 Å². The van der Waals surface area contributed by atoms with Crippen LogP contribution in [-0.4, -0.2) is 29.6 Å². The summed E-state index contributed by atoms with van der Waals surface area (Å²) in [5.74, 6) is 0. The van der Waals surface area contributed by atoms with Gasteiger partial charge in [0.1, 0.15) is 0 Å². The average molecular weight is 287 g/mol. The molecule has 4 heteroatoms. The molecular formula is C14H23ClN2S. The van der Waals surface area contributed by atoms with Crippen molar-refractivity contribution >= 4 is 22.9 Å². The number of nitrogens with zero attached hydrogens (tertiary/aromatic N) is 1. The summed E-state index contributed by atoms with van der Waals surface area (Å²) in [6, 6.07) is 2.62. The van der Waals surface area contributed by atoms with Crippen molar-refractivity contribution in [3.63, 3.8) is 0 Å². The van der Waals surface area contributed by atoms with Crippen molar-refractivity contribution in [3.8, 4) is 0 Å². The third kappa shape index (κ3) is 3.27. The second-order valence-corrected chi connectivity index (χ2v) is 6.98. The molecule has 0 aromatic carbocycles. The highest BCUT2D eigenvalue weighted by atomic mass is 35.5. The molecule has 0 radical (unpaired) electrons. The SMILES string of the molecule is CCC1(C)CN(Cc2sccc2Cl)C(C)CCN1. The summed E-state index contributed by atoms with van der Waals surface area (Å²) in [6.45, 7) is 10.1. The van der Waals surface area contributed by atoms with Crippen molar-refractivity contribution in [1.29, 1.82) is 0 Å². The lowest BCUT2D eigenvalue weighted by Crippen LogP contribution is -2.49. The van der Waals surface area contributed by atoms with Gasteiger partial charge in [-0.3, -0.25) is 4.90 Å². The van der Waals surface area contributed by atoms with Crippen molar-refractivity contribution in [3.05, 3.63) is 21.3 Å². The Morgan fingerprint density at radius 3 is 3.00 bits per heavy atom. The molecule has 102 valence electrons. The van der Waals surface area contributed by atoms with Crippen LogP contribution in [0.15, 0.2) is 11.4 Å². The van der Waals surface area contributed by atoms with Crippen LogP contribution in [0.4, 0.5) is 0 Å². The molecule has 2 atom stereocenters. The quantitative estimate of drug-likeness (QED) is 0.910. The predicted molar refractivity (Wildman–Crippen MR) is 80.5 cm³/mol. The summed E-state index contributed by atoms with van der Waals surface area (Å²) < 4.78 is 0. The molecule has 18 heavy (non-hydrogen) atoms. The summed E-state index contributed by atoms with van der Waals surface area (Å²) in [7, 11) is 0. The van der Waals surface area contributed by atoms with Gasteiger partial charge >= 0.3 is 0 Å². The maximum absolute atomic E-state index is 6.22. The van der Waals surface area contributed by atoms with E-state index in [0.717, 1.165) is 31.1 Å². The molecule has 2 nitrogen and oxygen atoms in total. The molecule has 2 heterocycles. The zero-order chi connectivity index (χ0) is 13.2. The minimum Gasteiger partial charge on any atom is -0.310 e. The lowest BCUT2D eigenvalue weighted by atomic mass is 9.98. The summed E-state index contributed by atoms with van der Waals surface area (Å²) in [5.41, 5.74) is 0.231. The highest BCUT2D eigenvalue weighted by Gasteiger charge is 2.30. The van der Waals surface area contributed by atoms with Gasteiger partial charge in [0.15, 0.2) is 0 Å². The number of hydrogen-bond donors (Lipinski definition) is 1. The summed E-state index contributed by atoms with van der Waals surface area (Å²) in [4.78, 5) is 3.87. The Morgan fingerprint density at radius 2 is 2.39 bits per heavy atom. The van der Waals surface area contributed by atoms with Gasteiger partial charge in [0.25, 0.3) is 0 Å². The Kier molecular flexibility index (Phi) is 4.70. The van der Waals surface area contributed by atoms with E-state index in [1.54, 1.807) is 11.3 Å². The molecule has 0 saturated carbocycles. The molecule has 1 fully saturated rings. The lowest BCUT2D eigenvalue weighted by Gasteiger charge is -2.34. The third-order valence-corrected chi connectivity index (χ3v) is 5.48. The van der Waals surface area contributed by atoms with E-state index in [2.05, 4.69) is 36.4 Å². The monoisotopic (exact) mass is 286 g/mol. The van der Waals surface area contributed by atoms with Gasteiger partial charge in [-0.05, 0) is 44.7 Å². The number of hydrogen-bond acceptors (Lipinski definition) is 3. The van der Waals surface area contributed by atoms with Crippen molar-refractivity contribution in [1.82, 2.24) is 10.2 Å². The molecule has 0 bridgehead atoms. The van der Waals surface area contributed by atoms with Gasteiger partial charge in [0.05, 0.1) is 5.02 Å². The standard InChI is InChI=1S/C14H23ClN2S/c1-4-14(3)10-17(11(2)5-7-16-14)9-13-12(15)6-8-18-13/h6,8,11,16H,4-5,7,9-10H2,1-3H3. The van der Waals surface area contributed by atoms with Crippen LogP contribution in [-0.2, 0) is 6.54 Å². The number of rotatable bonds is 3. The second-order valence-electron chi connectivity index (χ2n) is 5.58. The van der Waals surface area contributed by atoms with E-state index in [4.69, 9.17) is 11.6 Å². The highest BCUT2D eigenvalue weighted by molar-refractivity contribution is 7.10. The fourth-order valence-electron chi connectivity index (χ4n) is 2.50. The molecule has 1 aliphatic heterocycles. The van der Waals surface area contributed by atoms with E-state index in [9.17, 15) is 0 Å². The van der Waals surface area contributed by atoms with Gasteiger partial charge < -0.3 is 5.32 Å². The molecule has 2 rings (SSSR count). The first-order valence-electron chi connectivity index (χ1n) is 6.75. The first-order valence-corrected chi connectivity index (χ1v) is 8.01. The largest absolute Gasteiger partial charge is 0.310 e.